The topological polar surface area (TPSA) is 84.1 Å². The van der Waals surface area contributed by atoms with Gasteiger partial charge in [0.25, 0.3) is 5.91 Å². The Labute approximate surface area is 143 Å². The van der Waals surface area contributed by atoms with Crippen LogP contribution in [-0.4, -0.2) is 21.9 Å². The van der Waals surface area contributed by atoms with Gasteiger partial charge in [0.15, 0.2) is 5.78 Å². The van der Waals surface area contributed by atoms with E-state index >= 15 is 0 Å². The summed E-state index contributed by atoms with van der Waals surface area (Å²) < 4.78 is 5.72. The van der Waals surface area contributed by atoms with E-state index in [9.17, 15) is 9.59 Å². The molecule has 0 saturated heterocycles. The summed E-state index contributed by atoms with van der Waals surface area (Å²) in [5.74, 6) is 0.375. The number of rotatable bonds is 3. The molecule has 1 aliphatic rings. The SMILES string of the molecule is CC(=O)c1cccc(NC(=O)c2[nH]nc3c2COc2ccccc2-3)c1. The molecule has 0 saturated carbocycles. The van der Waals surface area contributed by atoms with Gasteiger partial charge in [-0.1, -0.05) is 24.3 Å². The van der Waals surface area contributed by atoms with Gasteiger partial charge in [0.2, 0.25) is 0 Å². The molecule has 2 aromatic carbocycles. The van der Waals surface area contributed by atoms with Crippen molar-refractivity contribution < 1.29 is 14.3 Å². The number of anilines is 1. The predicted molar refractivity (Wildman–Crippen MR) is 92.8 cm³/mol. The lowest BCUT2D eigenvalue weighted by molar-refractivity contribution is 0.100. The van der Waals surface area contributed by atoms with Crippen molar-refractivity contribution in [3.63, 3.8) is 0 Å². The summed E-state index contributed by atoms with van der Waals surface area (Å²) in [4.78, 5) is 24.1. The van der Waals surface area contributed by atoms with Crippen LogP contribution in [0.25, 0.3) is 11.3 Å². The minimum Gasteiger partial charge on any atom is -0.488 e. The zero-order chi connectivity index (χ0) is 17.4. The number of benzene rings is 2. The molecule has 0 unspecified atom stereocenters. The van der Waals surface area contributed by atoms with Crippen LogP contribution in [0, 0.1) is 0 Å². The summed E-state index contributed by atoms with van der Waals surface area (Å²) in [5, 5.41) is 9.89. The van der Waals surface area contributed by atoms with Crippen molar-refractivity contribution in [2.24, 2.45) is 0 Å². The van der Waals surface area contributed by atoms with Crippen molar-refractivity contribution in [1.29, 1.82) is 0 Å². The first kappa shape index (κ1) is 15.1. The molecule has 0 radical (unpaired) electrons. The van der Waals surface area contributed by atoms with E-state index < -0.39 is 0 Å². The lowest BCUT2D eigenvalue weighted by atomic mass is 10.0. The smallest absolute Gasteiger partial charge is 0.274 e. The largest absolute Gasteiger partial charge is 0.488 e. The number of carbonyl (C=O) groups is 2. The number of amides is 1. The minimum atomic E-state index is -0.322. The number of para-hydroxylation sites is 1. The van der Waals surface area contributed by atoms with Gasteiger partial charge in [-0.05, 0) is 31.2 Å². The molecule has 0 spiro atoms. The maximum absolute atomic E-state index is 12.6. The highest BCUT2D eigenvalue weighted by molar-refractivity contribution is 6.05. The highest BCUT2D eigenvalue weighted by atomic mass is 16.5. The van der Waals surface area contributed by atoms with E-state index in [0.717, 1.165) is 22.6 Å². The zero-order valence-corrected chi connectivity index (χ0v) is 13.5. The molecule has 0 atom stereocenters. The second kappa shape index (κ2) is 5.90. The standard InChI is InChI=1S/C19H15N3O3/c1-11(23)12-5-4-6-13(9-12)20-19(24)18-15-10-25-16-8-3-2-7-14(16)17(15)21-22-18/h2-9H,10H2,1H3,(H,20,24)(H,21,22). The van der Waals surface area contributed by atoms with Crippen molar-refractivity contribution in [3.8, 4) is 17.0 Å². The third-order valence-electron chi connectivity index (χ3n) is 4.14. The third kappa shape index (κ3) is 2.67. The Kier molecular flexibility index (Phi) is 3.57. The molecule has 1 aromatic heterocycles. The summed E-state index contributed by atoms with van der Waals surface area (Å²) in [5.41, 5.74) is 3.76. The maximum Gasteiger partial charge on any atom is 0.274 e. The summed E-state index contributed by atoms with van der Waals surface area (Å²) in [6.45, 7) is 1.76. The first-order chi connectivity index (χ1) is 12.1. The van der Waals surface area contributed by atoms with E-state index in [2.05, 4.69) is 15.5 Å². The molecule has 2 N–H and O–H groups in total. The number of hydrogen-bond donors (Lipinski definition) is 2. The van der Waals surface area contributed by atoms with Gasteiger partial charge in [0, 0.05) is 22.4 Å². The van der Waals surface area contributed by atoms with E-state index in [1.54, 1.807) is 24.3 Å². The van der Waals surface area contributed by atoms with E-state index in [1.165, 1.54) is 6.92 Å². The Balaban J connectivity index is 1.64. The maximum atomic E-state index is 12.6. The van der Waals surface area contributed by atoms with Crippen LogP contribution < -0.4 is 10.1 Å². The number of ether oxygens (including phenoxy) is 1. The lowest BCUT2D eigenvalue weighted by Crippen LogP contribution is -2.16. The van der Waals surface area contributed by atoms with Crippen LogP contribution in [0.3, 0.4) is 0 Å². The molecule has 6 heteroatoms. The molecule has 4 rings (SSSR count). The molecular weight excluding hydrogens is 318 g/mol. The lowest BCUT2D eigenvalue weighted by Gasteiger charge is -2.17. The van der Waals surface area contributed by atoms with E-state index in [1.807, 2.05) is 24.3 Å². The van der Waals surface area contributed by atoms with Gasteiger partial charge in [-0.25, -0.2) is 0 Å². The van der Waals surface area contributed by atoms with Gasteiger partial charge in [-0.2, -0.15) is 5.10 Å². The minimum absolute atomic E-state index is 0.0555. The van der Waals surface area contributed by atoms with Gasteiger partial charge in [0.05, 0.1) is 0 Å². The number of nitrogens with zero attached hydrogens (tertiary/aromatic N) is 1. The number of H-pyrrole nitrogens is 1. The monoisotopic (exact) mass is 333 g/mol. The molecule has 1 aliphatic heterocycles. The molecule has 0 fully saturated rings. The average Bonchev–Trinajstić information content (AvgIpc) is 3.06. The summed E-state index contributed by atoms with van der Waals surface area (Å²) in [6.07, 6.45) is 0. The fourth-order valence-electron chi connectivity index (χ4n) is 2.86. The number of ketones is 1. The quantitative estimate of drug-likeness (QED) is 0.719. The highest BCUT2D eigenvalue weighted by Crippen LogP contribution is 2.37. The van der Waals surface area contributed by atoms with Crippen molar-refractivity contribution in [2.75, 3.05) is 5.32 Å². The summed E-state index contributed by atoms with van der Waals surface area (Å²) in [7, 11) is 0. The molecule has 124 valence electrons. The average molecular weight is 333 g/mol. The molecule has 25 heavy (non-hydrogen) atoms. The molecule has 0 aliphatic carbocycles. The second-order valence-electron chi connectivity index (χ2n) is 5.80. The number of carbonyl (C=O) groups excluding carboxylic acids is 2. The third-order valence-corrected chi connectivity index (χ3v) is 4.14. The van der Waals surface area contributed by atoms with E-state index in [0.29, 0.717) is 16.9 Å². The summed E-state index contributed by atoms with van der Waals surface area (Å²) in [6, 6.07) is 14.4. The van der Waals surface area contributed by atoms with E-state index in [-0.39, 0.29) is 18.3 Å². The van der Waals surface area contributed by atoms with Gasteiger partial charge in [0.1, 0.15) is 23.7 Å². The first-order valence-corrected chi connectivity index (χ1v) is 7.85. The number of aromatic amines is 1. The fourth-order valence-corrected chi connectivity index (χ4v) is 2.86. The Morgan fingerprint density at radius 3 is 2.84 bits per heavy atom. The van der Waals surface area contributed by atoms with Gasteiger partial charge < -0.3 is 10.1 Å². The van der Waals surface area contributed by atoms with Crippen LogP contribution in [0.5, 0.6) is 5.75 Å². The predicted octanol–water partition coefficient (Wildman–Crippen LogP) is 3.42. The van der Waals surface area contributed by atoms with Crippen LogP contribution >= 0.6 is 0 Å². The number of nitrogens with one attached hydrogen (secondary N) is 2. The Morgan fingerprint density at radius 1 is 1.16 bits per heavy atom. The molecule has 2 heterocycles. The van der Waals surface area contributed by atoms with Crippen molar-refractivity contribution >= 4 is 17.4 Å². The Morgan fingerprint density at radius 2 is 2.00 bits per heavy atom. The molecule has 3 aromatic rings. The van der Waals surface area contributed by atoms with E-state index in [4.69, 9.17) is 4.74 Å². The number of hydrogen-bond acceptors (Lipinski definition) is 4. The fraction of sp³-hybridized carbons (Fsp3) is 0.105. The van der Waals surface area contributed by atoms with Crippen molar-refractivity contribution in [2.45, 2.75) is 13.5 Å². The van der Waals surface area contributed by atoms with Gasteiger partial charge in [-0.15, -0.1) is 0 Å². The van der Waals surface area contributed by atoms with Crippen LogP contribution in [-0.2, 0) is 6.61 Å². The van der Waals surface area contributed by atoms with Crippen LogP contribution in [0.15, 0.2) is 48.5 Å². The Bertz CT molecular complexity index is 991. The number of Topliss-reactive ketones (excluding diaryl/α,β-unsaturated/α-hetero) is 1. The number of aromatic nitrogens is 2. The summed E-state index contributed by atoms with van der Waals surface area (Å²) >= 11 is 0. The highest BCUT2D eigenvalue weighted by Gasteiger charge is 2.26. The zero-order valence-electron chi connectivity index (χ0n) is 13.5. The van der Waals surface area contributed by atoms with Gasteiger partial charge in [-0.3, -0.25) is 14.7 Å². The normalized spacial score (nSPS) is 11.9. The van der Waals surface area contributed by atoms with Crippen LogP contribution in [0.2, 0.25) is 0 Å². The van der Waals surface area contributed by atoms with Crippen LogP contribution in [0.1, 0.15) is 33.3 Å². The van der Waals surface area contributed by atoms with Crippen LogP contribution in [0.4, 0.5) is 5.69 Å². The molecule has 1 amide bonds. The molecule has 0 bridgehead atoms. The van der Waals surface area contributed by atoms with Crippen molar-refractivity contribution in [3.05, 3.63) is 65.4 Å². The number of fused-ring (bicyclic) bond motifs is 3. The first-order valence-electron chi connectivity index (χ1n) is 7.85. The van der Waals surface area contributed by atoms with Crippen molar-refractivity contribution in [1.82, 2.24) is 10.2 Å². The molecular formula is C19H15N3O3. The second-order valence-corrected chi connectivity index (χ2v) is 5.80. The molecule has 6 nitrogen and oxygen atoms in total. The Hall–Kier alpha value is -3.41. The van der Waals surface area contributed by atoms with Gasteiger partial charge >= 0.3 is 0 Å².